The molecule has 1 aliphatic rings. The molecule has 2 aromatic carbocycles. The normalized spacial score (nSPS) is 16.4. The molecule has 0 saturated heterocycles. The third kappa shape index (κ3) is 6.42. The first kappa shape index (κ1) is 28.0. The average molecular weight is 511 g/mol. The Morgan fingerprint density at radius 2 is 1.47 bits per heavy atom. The van der Waals surface area contributed by atoms with Crippen LogP contribution in [-0.2, 0) is 24.2 Å². The Bertz CT molecular complexity index is 989. The molecule has 0 aliphatic heterocycles. The number of alkyl halides is 6. The molecule has 36 heavy (non-hydrogen) atoms. The number of benzene rings is 2. The second-order valence-electron chi connectivity index (χ2n) is 9.62. The van der Waals surface area contributed by atoms with Gasteiger partial charge in [-0.2, -0.15) is 31.6 Å². The number of halogens is 6. The van der Waals surface area contributed by atoms with Crippen molar-refractivity contribution in [2.45, 2.75) is 69.6 Å². The van der Waals surface area contributed by atoms with Crippen LogP contribution in [0.5, 0.6) is 0 Å². The van der Waals surface area contributed by atoms with Gasteiger partial charge in [0.25, 0.3) is 0 Å². The molecule has 3 rings (SSSR count). The molecule has 1 aliphatic carbocycles. The molecule has 1 unspecified atom stereocenters. The molecule has 2 aromatic rings. The zero-order valence-electron chi connectivity index (χ0n) is 20.4. The van der Waals surface area contributed by atoms with E-state index < -0.39 is 40.4 Å². The summed E-state index contributed by atoms with van der Waals surface area (Å²) in [6.07, 6.45) is -6.44. The molecule has 1 fully saturated rings. The lowest BCUT2D eigenvalue weighted by Crippen LogP contribution is -2.42. The molecule has 0 spiro atoms. The fourth-order valence-electron chi connectivity index (χ4n) is 5.31. The van der Waals surface area contributed by atoms with E-state index in [1.165, 1.54) is 0 Å². The SMILES string of the molecule is CCCN(CCCC(C#N)(c1c(C(F)(F)F)cccc1C(F)(F)F)C1CCC1)CCc1ccccc1. The smallest absolute Gasteiger partial charge is 0.303 e. The maximum atomic E-state index is 14.0. The van der Waals surface area contributed by atoms with Crippen molar-refractivity contribution < 1.29 is 26.3 Å². The molecule has 196 valence electrons. The van der Waals surface area contributed by atoms with Crippen LogP contribution >= 0.6 is 0 Å². The van der Waals surface area contributed by atoms with Crippen molar-refractivity contribution in [1.82, 2.24) is 4.90 Å². The van der Waals surface area contributed by atoms with Gasteiger partial charge >= 0.3 is 12.4 Å². The predicted molar refractivity (Wildman–Crippen MR) is 127 cm³/mol. The van der Waals surface area contributed by atoms with E-state index in [-0.39, 0.29) is 6.42 Å². The van der Waals surface area contributed by atoms with E-state index in [9.17, 15) is 31.6 Å². The summed E-state index contributed by atoms with van der Waals surface area (Å²) in [7, 11) is 0. The van der Waals surface area contributed by atoms with Crippen LogP contribution in [0.15, 0.2) is 48.5 Å². The number of nitriles is 1. The van der Waals surface area contributed by atoms with Crippen molar-refractivity contribution in [3.8, 4) is 6.07 Å². The topological polar surface area (TPSA) is 27.0 Å². The van der Waals surface area contributed by atoms with Gasteiger partial charge in [-0.25, -0.2) is 0 Å². The minimum Gasteiger partial charge on any atom is -0.303 e. The standard InChI is InChI=1S/C28H32F6N2/c1-2-17-36(19-15-21-9-4-3-5-10-21)18-8-16-26(20-35,22-11-6-12-22)25-23(27(29,30)31)13-7-14-24(25)28(32,33)34/h3-5,7,9-10,13-14,22H,2,6,8,11-12,15-19H2,1H3. The molecule has 2 nitrogen and oxygen atoms in total. The lowest BCUT2D eigenvalue weighted by Gasteiger charge is -2.43. The second kappa shape index (κ2) is 11.7. The van der Waals surface area contributed by atoms with Crippen LogP contribution in [-0.4, -0.2) is 24.5 Å². The number of hydrogen-bond acceptors (Lipinski definition) is 2. The molecule has 8 heteroatoms. The second-order valence-corrected chi connectivity index (χ2v) is 9.62. The molecule has 0 amide bonds. The van der Waals surface area contributed by atoms with Gasteiger partial charge in [0.15, 0.2) is 0 Å². The Hall–Kier alpha value is -2.53. The molecular formula is C28H32F6N2. The van der Waals surface area contributed by atoms with E-state index in [0.29, 0.717) is 44.4 Å². The van der Waals surface area contributed by atoms with Crippen LogP contribution in [0.2, 0.25) is 0 Å². The van der Waals surface area contributed by atoms with Crippen LogP contribution in [0, 0.1) is 17.2 Å². The summed E-state index contributed by atoms with van der Waals surface area (Å²) in [6.45, 7) is 4.03. The van der Waals surface area contributed by atoms with Crippen LogP contribution in [0.3, 0.4) is 0 Å². The molecule has 0 N–H and O–H groups in total. The van der Waals surface area contributed by atoms with Crippen LogP contribution in [0.4, 0.5) is 26.3 Å². The lowest BCUT2D eigenvalue weighted by atomic mass is 9.59. The third-order valence-corrected chi connectivity index (χ3v) is 7.27. The lowest BCUT2D eigenvalue weighted by molar-refractivity contribution is -0.145. The van der Waals surface area contributed by atoms with Gasteiger partial charge in [0, 0.05) is 6.54 Å². The van der Waals surface area contributed by atoms with Crippen molar-refractivity contribution in [2.24, 2.45) is 5.92 Å². The highest BCUT2D eigenvalue weighted by Crippen LogP contribution is 2.53. The van der Waals surface area contributed by atoms with E-state index in [1.54, 1.807) is 0 Å². The summed E-state index contributed by atoms with van der Waals surface area (Å²) < 4.78 is 84.0. The zero-order valence-corrected chi connectivity index (χ0v) is 20.4. The highest BCUT2D eigenvalue weighted by molar-refractivity contribution is 5.49. The molecular weight excluding hydrogens is 478 g/mol. The Morgan fingerprint density at radius 1 is 0.861 bits per heavy atom. The first-order chi connectivity index (χ1) is 17.0. The fraction of sp³-hybridized carbons (Fsp3) is 0.536. The van der Waals surface area contributed by atoms with Crippen molar-refractivity contribution >= 4 is 0 Å². The van der Waals surface area contributed by atoms with E-state index in [4.69, 9.17) is 0 Å². The summed E-state index contributed by atoms with van der Waals surface area (Å²) in [6, 6.07) is 14.0. The van der Waals surface area contributed by atoms with Crippen molar-refractivity contribution in [1.29, 1.82) is 5.26 Å². The number of hydrogen-bond donors (Lipinski definition) is 0. The van der Waals surface area contributed by atoms with Crippen molar-refractivity contribution in [3.05, 3.63) is 70.8 Å². The summed E-state index contributed by atoms with van der Waals surface area (Å²) in [4.78, 5) is 2.18. The minimum atomic E-state index is -4.99. The quantitative estimate of drug-likeness (QED) is 0.286. The van der Waals surface area contributed by atoms with Gasteiger partial charge in [0.05, 0.1) is 22.6 Å². The van der Waals surface area contributed by atoms with E-state index in [2.05, 4.69) is 4.90 Å². The molecule has 0 bridgehead atoms. The summed E-state index contributed by atoms with van der Waals surface area (Å²) in [5.41, 5.74) is -4.26. The summed E-state index contributed by atoms with van der Waals surface area (Å²) in [5.74, 6) is -0.531. The van der Waals surface area contributed by atoms with Crippen LogP contribution in [0.1, 0.15) is 67.7 Å². The Balaban J connectivity index is 1.91. The maximum Gasteiger partial charge on any atom is 0.416 e. The number of nitrogens with zero attached hydrogens (tertiary/aromatic N) is 2. The maximum absolute atomic E-state index is 14.0. The highest BCUT2D eigenvalue weighted by Gasteiger charge is 2.52. The molecule has 1 atom stereocenters. The molecule has 1 saturated carbocycles. The fourth-order valence-corrected chi connectivity index (χ4v) is 5.31. The third-order valence-electron chi connectivity index (χ3n) is 7.27. The van der Waals surface area contributed by atoms with Crippen molar-refractivity contribution in [2.75, 3.05) is 19.6 Å². The Morgan fingerprint density at radius 3 is 1.94 bits per heavy atom. The molecule has 0 radical (unpaired) electrons. The van der Waals surface area contributed by atoms with Gasteiger partial charge in [-0.05, 0) is 80.8 Å². The summed E-state index contributed by atoms with van der Waals surface area (Å²) >= 11 is 0. The Labute approximate surface area is 208 Å². The number of rotatable bonds is 11. The predicted octanol–water partition coefficient (Wildman–Crippen LogP) is 8.02. The van der Waals surface area contributed by atoms with E-state index in [1.807, 2.05) is 43.3 Å². The Kier molecular flexibility index (Phi) is 9.10. The van der Waals surface area contributed by atoms with Crippen molar-refractivity contribution in [3.63, 3.8) is 0 Å². The van der Waals surface area contributed by atoms with Crippen LogP contribution < -0.4 is 0 Å². The first-order valence-electron chi connectivity index (χ1n) is 12.5. The summed E-state index contributed by atoms with van der Waals surface area (Å²) in [5, 5.41) is 10.3. The molecule has 0 heterocycles. The average Bonchev–Trinajstić information content (AvgIpc) is 2.79. The monoisotopic (exact) mass is 510 g/mol. The van der Waals surface area contributed by atoms with Gasteiger partial charge in [-0.1, -0.05) is 49.7 Å². The van der Waals surface area contributed by atoms with Gasteiger partial charge in [-0.15, -0.1) is 0 Å². The van der Waals surface area contributed by atoms with Gasteiger partial charge in [-0.3, -0.25) is 0 Å². The van der Waals surface area contributed by atoms with Gasteiger partial charge in [0.2, 0.25) is 0 Å². The van der Waals surface area contributed by atoms with Gasteiger partial charge < -0.3 is 4.90 Å². The largest absolute Gasteiger partial charge is 0.416 e. The van der Waals surface area contributed by atoms with E-state index in [0.717, 1.165) is 37.6 Å². The first-order valence-corrected chi connectivity index (χ1v) is 12.5. The minimum absolute atomic E-state index is 0.0457. The van der Waals surface area contributed by atoms with Gasteiger partial charge in [0.1, 0.15) is 0 Å². The van der Waals surface area contributed by atoms with Crippen LogP contribution in [0.25, 0.3) is 0 Å². The highest BCUT2D eigenvalue weighted by atomic mass is 19.4. The van der Waals surface area contributed by atoms with E-state index >= 15 is 0 Å². The zero-order chi connectivity index (χ0) is 26.4. The molecule has 0 aromatic heterocycles.